The van der Waals surface area contributed by atoms with Crippen molar-refractivity contribution in [3.63, 3.8) is 0 Å². The van der Waals surface area contributed by atoms with Crippen molar-refractivity contribution in [1.82, 2.24) is 0 Å². The van der Waals surface area contributed by atoms with Gasteiger partial charge in [-0.05, 0) is 41.2 Å². The third-order valence-electron chi connectivity index (χ3n) is 5.87. The highest BCUT2D eigenvalue weighted by Gasteiger charge is 2.45. The first-order valence-corrected chi connectivity index (χ1v) is 14.6. The SMILES string of the molecule is CC(C)(C)[Si](C)(C)OC(=O)Cc1ccccc1C1C[C@@H](OS(C)(=O)=O)[C@H](N=[N+]=[N-])C1=O. The van der Waals surface area contributed by atoms with E-state index < -0.39 is 42.3 Å². The zero-order valence-electron chi connectivity index (χ0n) is 18.7. The Morgan fingerprint density at radius 1 is 1.29 bits per heavy atom. The highest BCUT2D eigenvalue weighted by Crippen LogP contribution is 2.39. The van der Waals surface area contributed by atoms with Crippen LogP contribution in [0.25, 0.3) is 10.4 Å². The van der Waals surface area contributed by atoms with Gasteiger partial charge in [-0.25, -0.2) is 0 Å². The number of rotatable bonds is 7. The van der Waals surface area contributed by atoms with Gasteiger partial charge in [-0.1, -0.05) is 50.2 Å². The Morgan fingerprint density at radius 2 is 1.90 bits per heavy atom. The third kappa shape index (κ3) is 6.16. The Kier molecular flexibility index (Phi) is 7.37. The molecule has 1 aliphatic rings. The van der Waals surface area contributed by atoms with Crippen LogP contribution in [0.5, 0.6) is 0 Å². The summed E-state index contributed by atoms with van der Waals surface area (Å²) in [5, 5.41) is 3.33. The van der Waals surface area contributed by atoms with Gasteiger partial charge >= 0.3 is 0 Å². The summed E-state index contributed by atoms with van der Waals surface area (Å²) in [5.41, 5.74) is 10.0. The number of carbonyl (C=O) groups is 2. The van der Waals surface area contributed by atoms with Gasteiger partial charge in [0, 0.05) is 10.8 Å². The van der Waals surface area contributed by atoms with E-state index in [-0.39, 0.29) is 23.8 Å². The number of ketones is 1. The number of nitrogens with zero attached hydrogens (tertiary/aromatic N) is 3. The zero-order valence-corrected chi connectivity index (χ0v) is 20.5. The minimum atomic E-state index is -3.86. The number of Topliss-reactive ketones (excluding diaryl/α,β-unsaturated/α-hetero) is 1. The van der Waals surface area contributed by atoms with E-state index in [9.17, 15) is 18.0 Å². The maximum Gasteiger partial charge on any atom is 0.296 e. The quantitative estimate of drug-likeness (QED) is 0.196. The lowest BCUT2D eigenvalue weighted by molar-refractivity contribution is -0.134. The average molecular weight is 468 g/mol. The summed E-state index contributed by atoms with van der Waals surface area (Å²) < 4.78 is 34.0. The second-order valence-corrected chi connectivity index (χ2v) is 15.6. The van der Waals surface area contributed by atoms with E-state index in [1.807, 2.05) is 33.9 Å². The molecule has 1 saturated carbocycles. The molecule has 31 heavy (non-hydrogen) atoms. The third-order valence-corrected chi connectivity index (χ3v) is 10.8. The molecule has 0 radical (unpaired) electrons. The molecule has 0 saturated heterocycles. The molecule has 1 aromatic carbocycles. The molecule has 0 aromatic heterocycles. The molecule has 0 spiro atoms. The number of benzene rings is 1. The predicted octanol–water partition coefficient (Wildman–Crippen LogP) is 3.86. The lowest BCUT2D eigenvalue weighted by Gasteiger charge is -2.35. The Labute approximate surface area is 184 Å². The van der Waals surface area contributed by atoms with Crippen molar-refractivity contribution in [1.29, 1.82) is 0 Å². The molecular formula is C20H29N3O6SSi. The molecule has 0 N–H and O–H groups in total. The Morgan fingerprint density at radius 3 is 2.45 bits per heavy atom. The smallest absolute Gasteiger partial charge is 0.296 e. The second kappa shape index (κ2) is 9.11. The first-order valence-electron chi connectivity index (χ1n) is 9.92. The highest BCUT2D eigenvalue weighted by molar-refractivity contribution is 7.86. The molecule has 1 aliphatic carbocycles. The summed E-state index contributed by atoms with van der Waals surface area (Å²) >= 11 is 0. The van der Waals surface area contributed by atoms with Gasteiger partial charge in [-0.15, -0.1) is 0 Å². The number of hydrogen-bond donors (Lipinski definition) is 0. The lowest BCUT2D eigenvalue weighted by Crippen LogP contribution is -2.43. The molecule has 1 unspecified atom stereocenters. The van der Waals surface area contributed by atoms with E-state index >= 15 is 0 Å². The maximum absolute atomic E-state index is 12.9. The largest absolute Gasteiger partial charge is 0.519 e. The average Bonchev–Trinajstić information content (AvgIpc) is 2.89. The monoisotopic (exact) mass is 467 g/mol. The summed E-state index contributed by atoms with van der Waals surface area (Å²) in [6.45, 7) is 10.1. The number of carbonyl (C=O) groups excluding carboxylic acids is 2. The molecular weight excluding hydrogens is 438 g/mol. The molecule has 0 aliphatic heterocycles. The van der Waals surface area contributed by atoms with Crippen molar-refractivity contribution in [2.45, 2.75) is 69.8 Å². The molecule has 1 fully saturated rings. The fourth-order valence-electron chi connectivity index (χ4n) is 3.31. The van der Waals surface area contributed by atoms with Crippen LogP contribution in [0, 0.1) is 0 Å². The van der Waals surface area contributed by atoms with Crippen molar-refractivity contribution in [3.05, 3.63) is 45.8 Å². The van der Waals surface area contributed by atoms with E-state index in [0.717, 1.165) is 6.26 Å². The van der Waals surface area contributed by atoms with Crippen LogP contribution in [0.4, 0.5) is 0 Å². The van der Waals surface area contributed by atoms with Crippen LogP contribution < -0.4 is 0 Å². The molecule has 11 heteroatoms. The summed E-state index contributed by atoms with van der Waals surface area (Å²) in [7, 11) is -6.16. The van der Waals surface area contributed by atoms with Gasteiger partial charge in [0.1, 0.15) is 6.04 Å². The molecule has 1 aromatic rings. The van der Waals surface area contributed by atoms with E-state index in [1.165, 1.54) is 0 Å². The molecule has 3 atom stereocenters. The van der Waals surface area contributed by atoms with Crippen molar-refractivity contribution >= 4 is 30.2 Å². The van der Waals surface area contributed by atoms with Crippen LogP contribution in [0.1, 0.15) is 44.2 Å². The van der Waals surface area contributed by atoms with Crippen molar-refractivity contribution in [3.8, 4) is 0 Å². The second-order valence-electron chi connectivity index (χ2n) is 9.29. The first kappa shape index (κ1) is 25.1. The van der Waals surface area contributed by atoms with Gasteiger partial charge < -0.3 is 4.43 Å². The van der Waals surface area contributed by atoms with E-state index in [2.05, 4.69) is 10.0 Å². The van der Waals surface area contributed by atoms with Gasteiger partial charge in [-0.2, -0.15) is 8.42 Å². The molecule has 2 rings (SSSR count). The van der Waals surface area contributed by atoms with Gasteiger partial charge in [0.25, 0.3) is 24.4 Å². The zero-order chi connectivity index (χ0) is 23.6. The van der Waals surface area contributed by atoms with Crippen LogP contribution in [0.3, 0.4) is 0 Å². The van der Waals surface area contributed by atoms with E-state index in [1.54, 1.807) is 24.3 Å². The van der Waals surface area contributed by atoms with E-state index in [0.29, 0.717) is 11.1 Å². The van der Waals surface area contributed by atoms with Crippen molar-refractivity contribution < 1.29 is 26.6 Å². The first-order chi connectivity index (χ1) is 14.2. The minimum Gasteiger partial charge on any atom is -0.519 e. The summed E-state index contributed by atoms with van der Waals surface area (Å²) in [4.78, 5) is 28.3. The van der Waals surface area contributed by atoms with Crippen LogP contribution in [-0.4, -0.2) is 46.9 Å². The molecule has 0 bridgehead atoms. The van der Waals surface area contributed by atoms with Crippen LogP contribution in [0.15, 0.2) is 29.4 Å². The maximum atomic E-state index is 12.9. The van der Waals surface area contributed by atoms with E-state index in [4.69, 9.17) is 14.1 Å². The summed E-state index contributed by atoms with van der Waals surface area (Å²) in [6, 6.07) is 5.69. The van der Waals surface area contributed by atoms with Crippen LogP contribution in [0.2, 0.25) is 18.1 Å². The fourth-order valence-corrected chi connectivity index (χ4v) is 4.90. The van der Waals surface area contributed by atoms with Crippen molar-refractivity contribution in [2.24, 2.45) is 5.11 Å². The van der Waals surface area contributed by atoms with Gasteiger partial charge in [0.05, 0.1) is 18.8 Å². The fraction of sp³-hybridized carbons (Fsp3) is 0.600. The van der Waals surface area contributed by atoms with Gasteiger partial charge in [0.2, 0.25) is 0 Å². The minimum absolute atomic E-state index is 0.0176. The molecule has 170 valence electrons. The Bertz CT molecular complexity index is 1010. The number of azide groups is 1. The van der Waals surface area contributed by atoms with Gasteiger partial charge in [0.15, 0.2) is 5.78 Å². The molecule has 0 amide bonds. The standard InChI is InChI=1S/C20H29N3O6SSi/c1-20(2,3)31(5,6)29-17(24)11-13-9-7-8-10-14(13)15-12-16(28-30(4,26)27)18(19(15)25)22-23-21/h7-10,15-16,18H,11-12H2,1-6H3/t15?,16-,18+/m1/s1. The van der Waals surface area contributed by atoms with Crippen LogP contribution >= 0.6 is 0 Å². The lowest BCUT2D eigenvalue weighted by atomic mass is 9.90. The number of hydrogen-bond acceptors (Lipinski definition) is 7. The Hall–Kier alpha value is -2.20. The molecule has 9 nitrogen and oxygen atoms in total. The molecule has 0 heterocycles. The van der Waals surface area contributed by atoms with Crippen LogP contribution in [-0.2, 0) is 34.7 Å². The normalized spacial score (nSPS) is 22.1. The highest BCUT2D eigenvalue weighted by atomic mass is 32.2. The summed E-state index contributed by atoms with van der Waals surface area (Å²) in [6.07, 6.45) is -0.196. The topological polar surface area (TPSA) is 136 Å². The predicted molar refractivity (Wildman–Crippen MR) is 118 cm³/mol. The van der Waals surface area contributed by atoms with Gasteiger partial charge in [-0.3, -0.25) is 13.8 Å². The van der Waals surface area contributed by atoms with Crippen molar-refractivity contribution in [2.75, 3.05) is 6.26 Å². The summed E-state index contributed by atoms with van der Waals surface area (Å²) in [5.74, 6) is -1.56. The Balaban J connectivity index is 2.31.